The summed E-state index contributed by atoms with van der Waals surface area (Å²) in [5.74, 6) is 0.0952. The van der Waals surface area contributed by atoms with Gasteiger partial charge in [0.1, 0.15) is 5.60 Å². The summed E-state index contributed by atoms with van der Waals surface area (Å²) in [5, 5.41) is 7.44. The van der Waals surface area contributed by atoms with Crippen LogP contribution in [0.15, 0.2) is 22.6 Å². The highest BCUT2D eigenvalue weighted by molar-refractivity contribution is 7.13. The van der Waals surface area contributed by atoms with Crippen LogP contribution in [-0.2, 0) is 14.3 Å². The summed E-state index contributed by atoms with van der Waals surface area (Å²) < 4.78 is 10.5. The summed E-state index contributed by atoms with van der Waals surface area (Å²) in [7, 11) is 0. The van der Waals surface area contributed by atoms with Gasteiger partial charge in [0.2, 0.25) is 0 Å². The predicted molar refractivity (Wildman–Crippen MR) is 97.8 cm³/mol. The molecular weight excluding hydrogens is 340 g/mol. The van der Waals surface area contributed by atoms with E-state index in [1.54, 1.807) is 33.8 Å². The van der Waals surface area contributed by atoms with Crippen LogP contribution in [0.4, 0.5) is 4.79 Å². The Morgan fingerprint density at radius 3 is 2.60 bits per heavy atom. The summed E-state index contributed by atoms with van der Waals surface area (Å²) in [5.41, 5.74) is -0.490. The van der Waals surface area contributed by atoms with Crippen LogP contribution < -0.4 is 0 Å². The number of carbonyl (C=O) groups is 2. The Labute approximate surface area is 152 Å². The van der Waals surface area contributed by atoms with Crippen molar-refractivity contribution in [3.8, 4) is 0 Å². The number of ether oxygens (including phenoxy) is 2. The quantitative estimate of drug-likeness (QED) is 0.415. The van der Waals surface area contributed by atoms with E-state index in [0.29, 0.717) is 17.3 Å². The number of hydrazone groups is 1. The van der Waals surface area contributed by atoms with E-state index in [0.717, 1.165) is 6.42 Å². The second kappa shape index (κ2) is 8.47. The van der Waals surface area contributed by atoms with E-state index in [4.69, 9.17) is 9.47 Å². The lowest BCUT2D eigenvalue weighted by Gasteiger charge is -2.24. The molecule has 1 aromatic heterocycles. The molecule has 25 heavy (non-hydrogen) atoms. The maximum Gasteiger partial charge on any atom is 0.430 e. The monoisotopic (exact) mass is 366 g/mol. The molecule has 0 aliphatic heterocycles. The van der Waals surface area contributed by atoms with E-state index in [1.807, 2.05) is 11.4 Å². The van der Waals surface area contributed by atoms with E-state index >= 15 is 0 Å². The normalized spacial score (nSPS) is 15.0. The molecule has 1 aliphatic carbocycles. The average Bonchev–Trinajstić information content (AvgIpc) is 3.18. The van der Waals surface area contributed by atoms with Crippen LogP contribution in [0.5, 0.6) is 0 Å². The molecule has 7 heteroatoms. The van der Waals surface area contributed by atoms with Gasteiger partial charge in [-0.25, -0.2) is 9.59 Å². The molecule has 1 aromatic rings. The van der Waals surface area contributed by atoms with Crippen molar-refractivity contribution in [3.63, 3.8) is 0 Å². The highest BCUT2D eigenvalue weighted by Crippen LogP contribution is 2.32. The van der Waals surface area contributed by atoms with Gasteiger partial charge in [-0.05, 0) is 51.5 Å². The first-order valence-corrected chi connectivity index (χ1v) is 9.48. The predicted octanol–water partition coefficient (Wildman–Crippen LogP) is 4.05. The van der Waals surface area contributed by atoms with Crippen molar-refractivity contribution in [2.75, 3.05) is 13.2 Å². The van der Waals surface area contributed by atoms with Gasteiger partial charge in [-0.15, -0.1) is 11.3 Å². The lowest BCUT2D eigenvalue weighted by Crippen LogP contribution is -2.36. The molecule has 0 bridgehead atoms. The molecule has 1 saturated carbocycles. The number of amides is 1. The Morgan fingerprint density at radius 1 is 1.36 bits per heavy atom. The Kier molecular flexibility index (Phi) is 6.58. The van der Waals surface area contributed by atoms with Gasteiger partial charge < -0.3 is 9.47 Å². The zero-order valence-corrected chi connectivity index (χ0v) is 16.1. The molecule has 0 unspecified atom stereocenters. The fraction of sp³-hybridized carbons (Fsp3) is 0.611. The lowest BCUT2D eigenvalue weighted by molar-refractivity contribution is -0.135. The van der Waals surface area contributed by atoms with Gasteiger partial charge in [0.05, 0.1) is 11.5 Å². The zero-order valence-electron chi connectivity index (χ0n) is 15.3. The number of rotatable bonds is 7. The Bertz CT molecular complexity index is 616. The van der Waals surface area contributed by atoms with Crippen molar-refractivity contribution in [3.05, 3.63) is 22.4 Å². The SMILES string of the molecule is CCOC(=O)/C(=N\N(CCC1CC1)C(=O)OC(C)(C)C)c1cccs1. The number of thiophene rings is 1. The van der Waals surface area contributed by atoms with Gasteiger partial charge in [-0.3, -0.25) is 0 Å². The minimum absolute atomic E-state index is 0.138. The smallest absolute Gasteiger partial charge is 0.430 e. The Balaban J connectivity index is 2.25. The summed E-state index contributed by atoms with van der Waals surface area (Å²) in [4.78, 5) is 25.5. The minimum Gasteiger partial charge on any atom is -0.461 e. The molecule has 0 radical (unpaired) electrons. The van der Waals surface area contributed by atoms with Crippen molar-refractivity contribution in [1.82, 2.24) is 5.01 Å². The highest BCUT2D eigenvalue weighted by atomic mass is 32.1. The zero-order chi connectivity index (χ0) is 18.4. The number of hydrogen-bond donors (Lipinski definition) is 0. The fourth-order valence-electron chi connectivity index (χ4n) is 2.13. The third kappa shape index (κ3) is 6.49. The molecular formula is C18H26N2O4S. The molecule has 6 nitrogen and oxygen atoms in total. The number of esters is 1. The maximum absolute atomic E-state index is 12.5. The summed E-state index contributed by atoms with van der Waals surface area (Å²) in [6.07, 6.45) is 2.67. The molecule has 138 valence electrons. The van der Waals surface area contributed by atoms with Crippen molar-refractivity contribution in [1.29, 1.82) is 0 Å². The largest absolute Gasteiger partial charge is 0.461 e. The van der Waals surface area contributed by atoms with Crippen LogP contribution >= 0.6 is 11.3 Å². The fourth-order valence-corrected chi connectivity index (χ4v) is 2.83. The molecule has 1 heterocycles. The van der Waals surface area contributed by atoms with Crippen LogP contribution in [0.3, 0.4) is 0 Å². The topological polar surface area (TPSA) is 68.2 Å². The first kappa shape index (κ1) is 19.4. The van der Waals surface area contributed by atoms with Crippen molar-refractivity contribution in [2.24, 2.45) is 11.0 Å². The van der Waals surface area contributed by atoms with Crippen molar-refractivity contribution >= 4 is 29.1 Å². The lowest BCUT2D eigenvalue weighted by atomic mass is 10.2. The van der Waals surface area contributed by atoms with Gasteiger partial charge in [0, 0.05) is 6.54 Å². The van der Waals surface area contributed by atoms with E-state index in [1.165, 1.54) is 29.2 Å². The molecule has 0 saturated heterocycles. The summed E-state index contributed by atoms with van der Waals surface area (Å²) in [6.45, 7) is 7.83. The number of hydrogen-bond acceptors (Lipinski definition) is 6. The van der Waals surface area contributed by atoms with Crippen LogP contribution in [0.1, 0.15) is 51.8 Å². The van der Waals surface area contributed by atoms with Gasteiger partial charge in [0.15, 0.2) is 5.71 Å². The molecule has 0 aromatic carbocycles. The molecule has 1 amide bonds. The molecule has 0 atom stereocenters. The Morgan fingerprint density at radius 2 is 2.08 bits per heavy atom. The number of carbonyl (C=O) groups excluding carboxylic acids is 2. The summed E-state index contributed by atoms with van der Waals surface area (Å²) >= 11 is 1.38. The molecule has 1 fully saturated rings. The van der Waals surface area contributed by atoms with Crippen LogP contribution in [0.25, 0.3) is 0 Å². The van der Waals surface area contributed by atoms with E-state index < -0.39 is 17.7 Å². The van der Waals surface area contributed by atoms with Crippen molar-refractivity contribution < 1.29 is 19.1 Å². The first-order chi connectivity index (χ1) is 11.8. The third-order valence-electron chi connectivity index (χ3n) is 3.49. The van der Waals surface area contributed by atoms with E-state index in [2.05, 4.69) is 5.10 Å². The maximum atomic E-state index is 12.5. The third-order valence-corrected chi connectivity index (χ3v) is 4.37. The standard InChI is InChI=1S/C18H26N2O4S/c1-5-23-16(21)15(14-7-6-12-25-14)19-20(11-10-13-8-9-13)17(22)24-18(2,3)4/h6-7,12-13H,5,8-11H2,1-4H3/b19-15-. The van der Waals surface area contributed by atoms with E-state index in [-0.39, 0.29) is 12.3 Å². The van der Waals surface area contributed by atoms with E-state index in [9.17, 15) is 9.59 Å². The van der Waals surface area contributed by atoms with Gasteiger partial charge >= 0.3 is 12.1 Å². The molecule has 2 rings (SSSR count). The average molecular weight is 366 g/mol. The Hall–Kier alpha value is -1.89. The highest BCUT2D eigenvalue weighted by Gasteiger charge is 2.28. The molecule has 0 spiro atoms. The molecule has 0 N–H and O–H groups in total. The van der Waals surface area contributed by atoms with Crippen molar-refractivity contribution in [2.45, 2.75) is 52.6 Å². The van der Waals surface area contributed by atoms with Gasteiger partial charge in [-0.1, -0.05) is 18.9 Å². The van der Waals surface area contributed by atoms with Crippen LogP contribution in [0, 0.1) is 5.92 Å². The second-order valence-electron chi connectivity index (χ2n) is 6.98. The molecule has 1 aliphatic rings. The van der Waals surface area contributed by atoms with Gasteiger partial charge in [-0.2, -0.15) is 10.1 Å². The second-order valence-corrected chi connectivity index (χ2v) is 7.93. The minimum atomic E-state index is -0.628. The van der Waals surface area contributed by atoms with Crippen LogP contribution in [-0.4, -0.2) is 41.5 Å². The van der Waals surface area contributed by atoms with Gasteiger partial charge in [0.25, 0.3) is 0 Å². The van der Waals surface area contributed by atoms with Crippen LogP contribution in [0.2, 0.25) is 0 Å². The first-order valence-electron chi connectivity index (χ1n) is 8.60. The number of nitrogens with zero attached hydrogens (tertiary/aromatic N) is 2. The summed E-state index contributed by atoms with van der Waals surface area (Å²) in [6, 6.07) is 3.62.